The number of urea groups is 1. The molecule has 2 N–H and O–H groups in total. The van der Waals surface area contributed by atoms with Crippen LogP contribution in [0.5, 0.6) is 0 Å². The van der Waals surface area contributed by atoms with Crippen LogP contribution in [-0.2, 0) is 6.54 Å². The number of nitrogens with one attached hydrogen (secondary N) is 2. The van der Waals surface area contributed by atoms with Gasteiger partial charge >= 0.3 is 6.03 Å². The molecule has 0 bridgehead atoms. The Bertz CT molecular complexity index is 684. The van der Waals surface area contributed by atoms with Crippen LogP contribution in [0.25, 0.3) is 0 Å². The van der Waals surface area contributed by atoms with Gasteiger partial charge in [0.25, 0.3) is 0 Å². The first-order chi connectivity index (χ1) is 11.7. The van der Waals surface area contributed by atoms with Crippen LogP contribution in [0.1, 0.15) is 24.8 Å². The van der Waals surface area contributed by atoms with Crippen molar-refractivity contribution in [2.45, 2.75) is 25.8 Å². The third-order valence-corrected chi connectivity index (χ3v) is 4.20. The third-order valence-electron chi connectivity index (χ3n) is 4.20. The first-order valence-electron chi connectivity index (χ1n) is 8.35. The maximum absolute atomic E-state index is 13.6. The van der Waals surface area contributed by atoms with Crippen molar-refractivity contribution in [3.63, 3.8) is 0 Å². The smallest absolute Gasteiger partial charge is 0.319 e. The number of carbonyl (C=O) groups is 1. The lowest BCUT2D eigenvalue weighted by Crippen LogP contribution is -2.32. The van der Waals surface area contributed by atoms with E-state index in [2.05, 4.69) is 15.5 Å². The topological polar surface area (TPSA) is 44.4 Å². The molecule has 0 saturated carbocycles. The number of hydrogen-bond acceptors (Lipinski definition) is 2. The number of nitrogens with zero attached hydrogens (tertiary/aromatic N) is 1. The summed E-state index contributed by atoms with van der Waals surface area (Å²) in [5.74, 6) is -0.353. The summed E-state index contributed by atoms with van der Waals surface area (Å²) >= 11 is 0. The van der Waals surface area contributed by atoms with Gasteiger partial charge in [0, 0.05) is 19.6 Å². The van der Waals surface area contributed by atoms with Crippen molar-refractivity contribution in [2.24, 2.45) is 0 Å². The van der Waals surface area contributed by atoms with Gasteiger partial charge in [-0.3, -0.25) is 0 Å². The van der Waals surface area contributed by atoms with Crippen molar-refractivity contribution >= 4 is 17.4 Å². The zero-order chi connectivity index (χ0) is 16.8. The Morgan fingerprint density at radius 1 is 1.04 bits per heavy atom. The molecule has 2 aromatic rings. The molecule has 126 valence electrons. The fourth-order valence-corrected chi connectivity index (χ4v) is 2.96. The number of rotatable bonds is 4. The van der Waals surface area contributed by atoms with E-state index in [1.165, 1.54) is 18.6 Å². The second kappa shape index (κ2) is 7.81. The summed E-state index contributed by atoms with van der Waals surface area (Å²) in [6, 6.07) is 13.9. The fraction of sp³-hybridized carbons (Fsp3) is 0.316. The van der Waals surface area contributed by atoms with E-state index >= 15 is 0 Å². The van der Waals surface area contributed by atoms with Gasteiger partial charge in [0.05, 0.1) is 11.4 Å². The Kier molecular flexibility index (Phi) is 5.31. The van der Waals surface area contributed by atoms with Crippen LogP contribution in [0.15, 0.2) is 48.5 Å². The molecule has 1 fully saturated rings. The summed E-state index contributed by atoms with van der Waals surface area (Å²) in [5, 5.41) is 5.59. The summed E-state index contributed by atoms with van der Waals surface area (Å²) < 4.78 is 13.6. The van der Waals surface area contributed by atoms with E-state index in [1.807, 2.05) is 30.3 Å². The van der Waals surface area contributed by atoms with Crippen molar-refractivity contribution in [3.05, 3.63) is 59.9 Å². The van der Waals surface area contributed by atoms with Gasteiger partial charge in [0.15, 0.2) is 0 Å². The molecule has 5 heteroatoms. The van der Waals surface area contributed by atoms with Gasteiger partial charge < -0.3 is 15.5 Å². The Balaban J connectivity index is 1.66. The van der Waals surface area contributed by atoms with E-state index < -0.39 is 0 Å². The van der Waals surface area contributed by atoms with E-state index in [-0.39, 0.29) is 11.8 Å². The number of hydrogen-bond donors (Lipinski definition) is 2. The first-order valence-corrected chi connectivity index (χ1v) is 8.35. The first kappa shape index (κ1) is 16.3. The minimum Gasteiger partial charge on any atom is -0.370 e. The van der Waals surface area contributed by atoms with E-state index in [4.69, 9.17) is 0 Å². The molecule has 1 heterocycles. The largest absolute Gasteiger partial charge is 0.370 e. The molecule has 0 aliphatic carbocycles. The van der Waals surface area contributed by atoms with Gasteiger partial charge in [-0.25, -0.2) is 9.18 Å². The number of halogens is 1. The van der Waals surface area contributed by atoms with Crippen LogP contribution in [-0.4, -0.2) is 19.1 Å². The predicted octanol–water partition coefficient (Wildman–Crippen LogP) is 4.14. The quantitative estimate of drug-likeness (QED) is 0.886. The molecule has 1 saturated heterocycles. The summed E-state index contributed by atoms with van der Waals surface area (Å²) in [6.45, 7) is 2.30. The second-order valence-electron chi connectivity index (χ2n) is 6.00. The van der Waals surface area contributed by atoms with Crippen molar-refractivity contribution < 1.29 is 9.18 Å². The zero-order valence-electron chi connectivity index (χ0n) is 13.6. The molecule has 0 atom stereocenters. The lowest BCUT2D eigenvalue weighted by atomic mass is 10.1. The third kappa shape index (κ3) is 4.25. The second-order valence-corrected chi connectivity index (χ2v) is 6.00. The SMILES string of the molecule is O=C(NCc1ccccc1)Nc1cc(F)ccc1N1CCCCC1. The monoisotopic (exact) mass is 327 g/mol. The van der Waals surface area contributed by atoms with Crippen molar-refractivity contribution in [2.75, 3.05) is 23.3 Å². The average Bonchev–Trinajstić information content (AvgIpc) is 2.62. The summed E-state index contributed by atoms with van der Waals surface area (Å²) in [4.78, 5) is 14.4. The Morgan fingerprint density at radius 2 is 1.79 bits per heavy atom. The van der Waals surface area contributed by atoms with Crippen LogP contribution in [0, 0.1) is 5.82 Å². The van der Waals surface area contributed by atoms with Crippen LogP contribution in [0.2, 0.25) is 0 Å². The molecule has 2 amide bonds. The highest BCUT2D eigenvalue weighted by molar-refractivity contribution is 5.93. The Morgan fingerprint density at radius 3 is 2.54 bits per heavy atom. The molecule has 0 radical (unpaired) electrons. The van der Waals surface area contributed by atoms with E-state index in [9.17, 15) is 9.18 Å². The molecule has 24 heavy (non-hydrogen) atoms. The van der Waals surface area contributed by atoms with Gasteiger partial charge in [-0.15, -0.1) is 0 Å². The van der Waals surface area contributed by atoms with Crippen LogP contribution >= 0.6 is 0 Å². The standard InChI is InChI=1S/C19H22FN3O/c20-16-9-10-18(23-11-5-2-6-12-23)17(13-16)22-19(24)21-14-15-7-3-1-4-8-15/h1,3-4,7-10,13H,2,5-6,11-12,14H2,(H2,21,22,24). The van der Waals surface area contributed by atoms with Gasteiger partial charge in [-0.1, -0.05) is 30.3 Å². The number of piperidine rings is 1. The fourth-order valence-electron chi connectivity index (χ4n) is 2.96. The summed E-state index contributed by atoms with van der Waals surface area (Å²) in [7, 11) is 0. The average molecular weight is 327 g/mol. The molecule has 1 aliphatic heterocycles. The molecule has 0 unspecified atom stereocenters. The lowest BCUT2D eigenvalue weighted by molar-refractivity contribution is 0.251. The normalized spacial score (nSPS) is 14.3. The Hall–Kier alpha value is -2.56. The van der Waals surface area contributed by atoms with Crippen molar-refractivity contribution in [1.82, 2.24) is 5.32 Å². The van der Waals surface area contributed by atoms with Gasteiger partial charge in [0.1, 0.15) is 5.82 Å². The highest BCUT2D eigenvalue weighted by atomic mass is 19.1. The van der Waals surface area contributed by atoms with Crippen LogP contribution < -0.4 is 15.5 Å². The molecule has 4 nitrogen and oxygen atoms in total. The molecular formula is C19H22FN3O. The van der Waals surface area contributed by atoms with Gasteiger partial charge in [0.2, 0.25) is 0 Å². The van der Waals surface area contributed by atoms with E-state index in [1.54, 1.807) is 6.07 Å². The number of anilines is 2. The van der Waals surface area contributed by atoms with Crippen molar-refractivity contribution in [3.8, 4) is 0 Å². The zero-order valence-corrected chi connectivity index (χ0v) is 13.6. The van der Waals surface area contributed by atoms with Gasteiger partial charge in [-0.2, -0.15) is 0 Å². The minimum atomic E-state index is -0.353. The van der Waals surface area contributed by atoms with E-state index in [0.29, 0.717) is 12.2 Å². The number of amides is 2. The molecule has 1 aliphatic rings. The summed E-state index contributed by atoms with van der Waals surface area (Å²) in [5.41, 5.74) is 2.41. The molecule has 2 aromatic carbocycles. The minimum absolute atomic E-state index is 0.331. The van der Waals surface area contributed by atoms with Crippen LogP contribution in [0.3, 0.4) is 0 Å². The highest BCUT2D eigenvalue weighted by Gasteiger charge is 2.16. The summed E-state index contributed by atoms with van der Waals surface area (Å²) in [6.07, 6.45) is 3.46. The van der Waals surface area contributed by atoms with E-state index in [0.717, 1.165) is 37.2 Å². The van der Waals surface area contributed by atoms with Gasteiger partial charge in [-0.05, 0) is 43.0 Å². The molecule has 0 spiro atoms. The van der Waals surface area contributed by atoms with Crippen molar-refractivity contribution in [1.29, 1.82) is 0 Å². The number of benzene rings is 2. The molecular weight excluding hydrogens is 305 g/mol. The maximum atomic E-state index is 13.6. The predicted molar refractivity (Wildman–Crippen MR) is 94.8 cm³/mol. The van der Waals surface area contributed by atoms with Crippen LogP contribution in [0.4, 0.5) is 20.6 Å². The molecule has 0 aromatic heterocycles. The highest BCUT2D eigenvalue weighted by Crippen LogP contribution is 2.29. The number of carbonyl (C=O) groups excluding carboxylic acids is 1. The Labute approximate surface area is 141 Å². The lowest BCUT2D eigenvalue weighted by Gasteiger charge is -2.30. The molecule has 3 rings (SSSR count). The maximum Gasteiger partial charge on any atom is 0.319 e.